The van der Waals surface area contributed by atoms with Crippen LogP contribution < -0.4 is 36.7 Å². The smallest absolute Gasteiger partial charge is 0.349 e. The Bertz CT molecular complexity index is 2970. The topological polar surface area (TPSA) is 157 Å². The minimum atomic E-state index is -3.83. The number of amides is 2. The number of rotatable bonds is 19. The number of nitrogens with zero attached hydrogens (tertiary/aromatic N) is 5. The molecule has 1 saturated heterocycles. The molecule has 18 heteroatoms. The molecule has 15 nitrogen and oxygen atoms in total. The fraction of sp³-hybridized carbons (Fsp3) is 0.433. The largest absolute Gasteiger partial charge is 0.405 e. The molecule has 2 atom stereocenters. The molecule has 414 valence electrons. The van der Waals surface area contributed by atoms with Crippen molar-refractivity contribution in [3.05, 3.63) is 156 Å². The standard InChI is InChI=1S/C60H78N8O7SSi2/c1-59(2,3)77(51-22-12-8-13-23-51,52-24-14-9-15-25-52)74-42-49-30-36-65-32-20-34-67(57(65)63-49)44-61-55(69)47-38-46(41-73-76(7,71)72)39-48(40-47)56(70)62-45-68-35-21-33-66-37-31-50(64-58(66)68)43-75-78(60(4,5)6,53-26-16-10-17-27-53)54-28-18-11-19-29-54/h8-19,22-29,38-40,49-50H,20-21,30-37,41-45H2,1-7H3,(H2,61,62,69,70)/p+1/t49-,50-/m0/s1. The molecule has 3 N–H and O–H groups in total. The summed E-state index contributed by atoms with van der Waals surface area (Å²) in [5, 5.41) is 14.6. The summed E-state index contributed by atoms with van der Waals surface area (Å²) in [4.78, 5) is 40.3. The van der Waals surface area contributed by atoms with E-state index in [4.69, 9.17) is 18.0 Å². The van der Waals surface area contributed by atoms with Gasteiger partial charge in [0.15, 0.2) is 5.96 Å². The second-order valence-corrected chi connectivity index (χ2v) is 33.5. The summed E-state index contributed by atoms with van der Waals surface area (Å²) in [5.74, 6) is 0.972. The molecule has 0 unspecified atom stereocenters. The Morgan fingerprint density at radius 2 is 1.13 bits per heavy atom. The summed E-state index contributed by atoms with van der Waals surface area (Å²) in [6, 6.07) is 47.3. The Morgan fingerprint density at radius 1 is 0.641 bits per heavy atom. The summed E-state index contributed by atoms with van der Waals surface area (Å²) >= 11 is 0. The minimum absolute atomic E-state index is 0.0375. The van der Waals surface area contributed by atoms with Gasteiger partial charge in [-0.15, -0.1) is 0 Å². The predicted octanol–water partition coefficient (Wildman–Crippen LogP) is 5.26. The van der Waals surface area contributed by atoms with Crippen molar-refractivity contribution < 1.29 is 35.6 Å². The third kappa shape index (κ3) is 12.6. The first-order chi connectivity index (χ1) is 37.3. The molecule has 4 heterocycles. The molecule has 0 spiro atoms. The van der Waals surface area contributed by atoms with E-state index in [0.717, 1.165) is 76.6 Å². The first-order valence-corrected chi connectivity index (χ1v) is 33.2. The highest BCUT2D eigenvalue weighted by Gasteiger charge is 2.52. The summed E-state index contributed by atoms with van der Waals surface area (Å²) in [5.41, 5.74) is 0.798. The lowest BCUT2D eigenvalue weighted by atomic mass is 10.0. The van der Waals surface area contributed by atoms with Gasteiger partial charge in [0.2, 0.25) is 0 Å². The van der Waals surface area contributed by atoms with Crippen LogP contribution in [-0.2, 0) is 29.8 Å². The first kappa shape index (κ1) is 56.6. The predicted molar refractivity (Wildman–Crippen MR) is 314 cm³/mol. The monoisotopic (exact) mass is 1110 g/mol. The lowest BCUT2D eigenvalue weighted by Gasteiger charge is -2.45. The molecule has 0 aromatic heterocycles. The van der Waals surface area contributed by atoms with Crippen LogP contribution in [0.1, 0.15) is 93.5 Å². The van der Waals surface area contributed by atoms with Crippen LogP contribution in [0, 0.1) is 0 Å². The van der Waals surface area contributed by atoms with Crippen molar-refractivity contribution in [2.45, 2.75) is 96.0 Å². The van der Waals surface area contributed by atoms with Crippen LogP contribution >= 0.6 is 0 Å². The Kier molecular flexibility index (Phi) is 17.4. The molecular formula is C60H79N8O7SSi2+. The minimum Gasteiger partial charge on any atom is -0.405 e. The molecule has 2 amide bonds. The van der Waals surface area contributed by atoms with Crippen molar-refractivity contribution in [2.24, 2.45) is 4.99 Å². The van der Waals surface area contributed by atoms with Crippen LogP contribution in [0.4, 0.5) is 0 Å². The van der Waals surface area contributed by atoms with Crippen molar-refractivity contribution in [1.82, 2.24) is 30.7 Å². The molecule has 0 saturated carbocycles. The number of guanidine groups is 2. The van der Waals surface area contributed by atoms with Gasteiger partial charge in [-0.1, -0.05) is 163 Å². The number of benzene rings is 5. The second-order valence-electron chi connectivity index (χ2n) is 23.2. The summed E-state index contributed by atoms with van der Waals surface area (Å²) in [6.45, 7) is 19.6. The number of hydrogen-bond donors (Lipinski definition) is 3. The quantitative estimate of drug-likeness (QED) is 0.0564. The van der Waals surface area contributed by atoms with E-state index in [-0.39, 0.29) is 53.2 Å². The molecule has 4 aliphatic heterocycles. The molecule has 78 heavy (non-hydrogen) atoms. The van der Waals surface area contributed by atoms with Gasteiger partial charge in [0, 0.05) is 43.6 Å². The number of carbonyl (C=O) groups excluding carboxylic acids is 2. The molecule has 0 bridgehead atoms. The molecule has 0 radical (unpaired) electrons. The van der Waals surface area contributed by atoms with Crippen molar-refractivity contribution in [3.8, 4) is 0 Å². The zero-order valence-electron chi connectivity index (χ0n) is 46.5. The normalized spacial score (nSPS) is 18.3. The van der Waals surface area contributed by atoms with Crippen LogP contribution in [0.3, 0.4) is 0 Å². The van der Waals surface area contributed by atoms with Gasteiger partial charge in [0.05, 0.1) is 64.5 Å². The molecule has 4 aliphatic rings. The highest BCUT2D eigenvalue weighted by Crippen LogP contribution is 2.38. The van der Waals surface area contributed by atoms with Crippen LogP contribution in [0.5, 0.6) is 0 Å². The third-order valence-corrected chi connectivity index (χ3v) is 26.2. The average Bonchev–Trinajstić information content (AvgIpc) is 3.62. The summed E-state index contributed by atoms with van der Waals surface area (Å²) < 4.78 is 46.6. The maximum atomic E-state index is 14.2. The second kappa shape index (κ2) is 24.1. The van der Waals surface area contributed by atoms with Gasteiger partial charge in [0.1, 0.15) is 6.67 Å². The van der Waals surface area contributed by atoms with Crippen molar-refractivity contribution in [2.75, 3.05) is 72.1 Å². The Balaban J connectivity index is 0.876. The molecular weight excluding hydrogens is 1030 g/mol. The Labute approximate surface area is 464 Å². The molecule has 5 aromatic carbocycles. The van der Waals surface area contributed by atoms with E-state index < -0.39 is 38.6 Å². The van der Waals surface area contributed by atoms with Gasteiger partial charge in [-0.3, -0.25) is 23.7 Å². The van der Waals surface area contributed by atoms with Gasteiger partial charge in [-0.05, 0) is 67.4 Å². The fourth-order valence-corrected chi connectivity index (χ4v) is 21.4. The molecule has 0 aliphatic carbocycles. The van der Waals surface area contributed by atoms with Crippen molar-refractivity contribution >= 4 is 71.2 Å². The van der Waals surface area contributed by atoms with E-state index >= 15 is 0 Å². The highest BCUT2D eigenvalue weighted by molar-refractivity contribution is 7.85. The van der Waals surface area contributed by atoms with E-state index in [1.165, 1.54) is 20.7 Å². The van der Waals surface area contributed by atoms with E-state index in [2.05, 4.69) is 198 Å². The van der Waals surface area contributed by atoms with Gasteiger partial charge in [0.25, 0.3) is 38.6 Å². The lowest BCUT2D eigenvalue weighted by molar-refractivity contribution is -0.546. The van der Waals surface area contributed by atoms with Crippen LogP contribution in [-0.4, -0.2) is 152 Å². The number of nitrogens with one attached hydrogen (secondary N) is 3. The molecule has 5 aromatic rings. The first-order valence-electron chi connectivity index (χ1n) is 27.6. The SMILES string of the molecule is CC(C)(C)[Si](OC[C@@H]1CCN2CCCN(CNC(=O)c3cc(COS(C)(=O)=O)cc(C(=O)NCN4CCC[N+]5=C4N[C@H](CO[Si](c4ccccc4)(c4ccccc4)C(C)(C)C)CC5)c3)C2=N1)(c1ccccc1)c1ccccc1. The number of hydrogen-bond acceptors (Lipinski definition) is 12. The van der Waals surface area contributed by atoms with E-state index in [0.29, 0.717) is 25.3 Å². The van der Waals surface area contributed by atoms with Gasteiger partial charge in [-0.2, -0.15) is 8.42 Å². The molecule has 1 fully saturated rings. The Morgan fingerprint density at radius 3 is 1.63 bits per heavy atom. The zero-order chi connectivity index (χ0) is 55.1. The van der Waals surface area contributed by atoms with E-state index in [1.54, 1.807) is 18.2 Å². The number of aliphatic imine (C=N–C) groups is 1. The Hall–Kier alpha value is -6.16. The lowest BCUT2D eigenvalue weighted by Crippen LogP contribution is -2.68. The number of carbonyl (C=O) groups is 2. The van der Waals surface area contributed by atoms with Crippen LogP contribution in [0.25, 0.3) is 0 Å². The van der Waals surface area contributed by atoms with E-state index in [1.807, 2.05) is 0 Å². The van der Waals surface area contributed by atoms with Gasteiger partial charge in [-0.25, -0.2) is 9.89 Å². The third-order valence-electron chi connectivity index (χ3n) is 15.6. The highest BCUT2D eigenvalue weighted by atomic mass is 32.2. The maximum absolute atomic E-state index is 14.2. The van der Waals surface area contributed by atoms with Gasteiger partial charge >= 0.3 is 5.96 Å². The zero-order valence-corrected chi connectivity index (χ0v) is 49.4. The summed E-state index contributed by atoms with van der Waals surface area (Å²) in [7, 11) is -9.38. The molecule has 9 rings (SSSR count). The maximum Gasteiger partial charge on any atom is 0.349 e. The van der Waals surface area contributed by atoms with Crippen LogP contribution in [0.2, 0.25) is 10.1 Å². The van der Waals surface area contributed by atoms with Crippen LogP contribution in [0.15, 0.2) is 145 Å². The van der Waals surface area contributed by atoms with Crippen molar-refractivity contribution in [3.63, 3.8) is 0 Å². The van der Waals surface area contributed by atoms with Crippen molar-refractivity contribution in [1.29, 1.82) is 0 Å². The average molecular weight is 1110 g/mol. The number of fused-ring (bicyclic) bond motifs is 1. The van der Waals surface area contributed by atoms with E-state index in [9.17, 15) is 18.0 Å². The fourth-order valence-electron chi connectivity index (χ4n) is 11.9. The summed E-state index contributed by atoms with van der Waals surface area (Å²) in [6.07, 6.45) is 4.55. The van der Waals surface area contributed by atoms with Gasteiger partial charge < -0.3 is 29.3 Å².